The van der Waals surface area contributed by atoms with E-state index >= 15 is 0 Å². The maximum Gasteiger partial charge on any atom is 0.202 e. The standard InChI is InChI=1S/3C24H36O2.2C14H14.C11H14.3C10H14O/c1-5-16(4)19-6-8-22(9-7-19)25-24(15(2)3)26-23-20-11-17-10-18(13-20)14-21(23)12-17;2*1-5-16(4)17-9-11-19(12-10-17)25-24(15(2)3)26-23-14-18-13-22(23)21-8-6-7-20(18)21;2*1-9-10(2)13-8-4-6-11-5-3-7-12(9)14(11)13;1-8-7-10-5-3-4-6-11(10)9(8)2;3*1-3-8(2)9-4-6-10(11)7-5-9/h6-9,15-18,20-21,23-24H,5,10-14H2,1-4H3;2*9-12,15-16,18,20-24H,5-8,13-14H2,1-4H3;2*3-10H,1-2H3;3-6,8-9H,7H2,1-2H3;3*4-8,11H,3H2,1-2H3. The van der Waals surface area contributed by atoms with Crippen molar-refractivity contribution in [3.8, 4) is 34.5 Å². The molecule has 0 heterocycles. The largest absolute Gasteiger partial charge is 0.508 e. The van der Waals surface area contributed by atoms with Crippen LogP contribution in [0, 0.1) is 94.7 Å². The van der Waals surface area contributed by atoms with Crippen LogP contribution in [0.25, 0.3) is 21.5 Å². The number of fused-ring (bicyclic) bond motifs is 11. The quantitative estimate of drug-likeness (QED) is 0.0433. The molecule has 8 bridgehead atoms. The molecule has 0 aliphatic heterocycles. The summed E-state index contributed by atoms with van der Waals surface area (Å²) in [5, 5.41) is 32.9. The van der Waals surface area contributed by atoms with Gasteiger partial charge in [-0.15, -0.1) is 0 Å². The molecule has 10 fully saturated rings. The van der Waals surface area contributed by atoms with Crippen molar-refractivity contribution in [1.82, 2.24) is 0 Å². The van der Waals surface area contributed by atoms with Crippen molar-refractivity contribution < 1.29 is 43.7 Å². The van der Waals surface area contributed by atoms with Crippen molar-refractivity contribution in [3.63, 3.8) is 0 Å². The van der Waals surface area contributed by atoms with Gasteiger partial charge < -0.3 is 43.7 Å². The average molecular weight is 2030 g/mol. The Balaban J connectivity index is 0.000000129. The van der Waals surface area contributed by atoms with Crippen LogP contribution in [0.2, 0.25) is 0 Å². The second-order valence-corrected chi connectivity index (χ2v) is 49.6. The van der Waals surface area contributed by atoms with Gasteiger partial charge in [0.05, 0.1) is 18.3 Å². The van der Waals surface area contributed by atoms with E-state index in [0.29, 0.717) is 112 Å². The minimum Gasteiger partial charge on any atom is -0.508 e. The van der Waals surface area contributed by atoms with E-state index in [9.17, 15) is 0 Å². The Morgan fingerprint density at radius 1 is 0.260 bits per heavy atom. The molecule has 3 N–H and O–H groups in total. The van der Waals surface area contributed by atoms with E-state index in [1.807, 2.05) is 36.4 Å². The Bertz CT molecular complexity index is 5480. The Morgan fingerprint density at radius 3 is 0.820 bits per heavy atom. The summed E-state index contributed by atoms with van der Waals surface area (Å²) in [5.41, 5.74) is 17.3. The third-order valence-electron chi connectivity index (χ3n) is 38.9. The van der Waals surface area contributed by atoms with Gasteiger partial charge in [0, 0.05) is 17.8 Å². The van der Waals surface area contributed by atoms with Gasteiger partial charge in [0.1, 0.15) is 34.5 Å². The molecule has 25 unspecified atom stereocenters. The summed E-state index contributed by atoms with van der Waals surface area (Å²) in [6.07, 6.45) is 30.3. The molecule has 0 spiro atoms. The molecule has 13 aliphatic rings. The number of phenolic OH excluding ortho intramolecular Hbond substituents is 3. The van der Waals surface area contributed by atoms with Gasteiger partial charge >= 0.3 is 0 Å². The van der Waals surface area contributed by atoms with Crippen molar-refractivity contribution in [3.05, 3.63) is 309 Å². The molecule has 150 heavy (non-hydrogen) atoms. The molecule has 9 nitrogen and oxygen atoms in total. The van der Waals surface area contributed by atoms with Crippen LogP contribution in [0.4, 0.5) is 0 Å². The fraction of sp³-hybridized carbons (Fsp3) is 0.560. The monoisotopic (exact) mass is 2030 g/mol. The van der Waals surface area contributed by atoms with Gasteiger partial charge in [0.15, 0.2) is 0 Å². The van der Waals surface area contributed by atoms with Crippen LogP contribution < -0.4 is 14.2 Å². The first-order chi connectivity index (χ1) is 72.2. The fourth-order valence-corrected chi connectivity index (χ4v) is 28.1. The lowest BCUT2D eigenvalue weighted by Gasteiger charge is -2.54. The minimum absolute atomic E-state index is 0.131. The summed E-state index contributed by atoms with van der Waals surface area (Å²) >= 11 is 0. The van der Waals surface area contributed by atoms with Crippen LogP contribution in [-0.4, -0.2) is 52.5 Å². The maximum absolute atomic E-state index is 9.01. The first-order valence-electron chi connectivity index (χ1n) is 60.0. The predicted molar refractivity (Wildman–Crippen MR) is 629 cm³/mol. The summed E-state index contributed by atoms with van der Waals surface area (Å²) in [7, 11) is 0. The lowest BCUT2D eigenvalue weighted by molar-refractivity contribution is -0.210. The van der Waals surface area contributed by atoms with E-state index in [4.69, 9.17) is 43.7 Å². The van der Waals surface area contributed by atoms with Gasteiger partial charge in [-0.2, -0.15) is 0 Å². The maximum atomic E-state index is 9.01. The predicted octanol–water partition coefficient (Wildman–Crippen LogP) is 39.0. The number of phenols is 3. The van der Waals surface area contributed by atoms with Crippen LogP contribution in [0.3, 0.4) is 0 Å². The highest BCUT2D eigenvalue weighted by Gasteiger charge is 2.57. The number of hydrogen-bond donors (Lipinski definition) is 3. The average Bonchev–Trinajstić information content (AvgIpc) is 1.07. The van der Waals surface area contributed by atoms with E-state index in [2.05, 4.69) is 336 Å². The zero-order chi connectivity index (χ0) is 107. The molecule has 810 valence electrons. The topological polar surface area (TPSA) is 116 Å². The van der Waals surface area contributed by atoms with Gasteiger partial charge in [-0.3, -0.25) is 0 Å². The van der Waals surface area contributed by atoms with E-state index in [0.717, 1.165) is 119 Å². The SMILES string of the molecule is CC1Cc2ccccc2C1C.CC1c2cccc3cccc(c23)C1C.CC1c2cccc3cccc(c23)C1C.CCC(C)c1ccc(O)cc1.CCC(C)c1ccc(O)cc1.CCC(C)c1ccc(O)cc1.CCC(C)c1ccc(OC(OC2C3CC4CC(C3)CC2C4)C(C)C)cc1.CCC(C)c1ccc(OC(OC2CC3CC2C2CCCC32)C(C)C)cc1.CCC(C)c1ccc(OC(OC2CC3CC2C2CCCC32)C(C)C)cc1. The van der Waals surface area contributed by atoms with E-state index < -0.39 is 0 Å². The van der Waals surface area contributed by atoms with E-state index in [-0.39, 0.29) is 18.9 Å². The molecule has 10 saturated carbocycles. The van der Waals surface area contributed by atoms with E-state index in [1.54, 1.807) is 47.5 Å². The summed E-state index contributed by atoms with van der Waals surface area (Å²) in [5.74, 6) is 23.8. The molecule has 0 aromatic heterocycles. The molecular weight excluding hydrogens is 1840 g/mol. The first-order valence-corrected chi connectivity index (χ1v) is 60.0. The number of ether oxygens (including phenoxy) is 6. The third-order valence-corrected chi connectivity index (χ3v) is 38.9. The highest BCUT2D eigenvalue weighted by molar-refractivity contribution is 5.93. The highest BCUT2D eigenvalue weighted by atomic mass is 16.7. The molecular formula is C141H192O9. The molecule has 0 radical (unpaired) electrons. The molecule has 11 aromatic carbocycles. The Morgan fingerprint density at radius 2 is 0.533 bits per heavy atom. The number of rotatable bonds is 27. The van der Waals surface area contributed by atoms with Gasteiger partial charge in [-0.1, -0.05) is 349 Å². The Kier molecular flexibility index (Phi) is 41.0. The zero-order valence-corrected chi connectivity index (χ0v) is 96.5. The van der Waals surface area contributed by atoms with Crippen molar-refractivity contribution in [2.45, 2.75) is 410 Å². The fourth-order valence-electron chi connectivity index (χ4n) is 28.1. The molecule has 11 aromatic rings. The summed E-state index contributed by atoms with van der Waals surface area (Å²) in [6, 6.07) is 83.8. The van der Waals surface area contributed by atoms with Gasteiger partial charge in [-0.25, -0.2) is 0 Å². The summed E-state index contributed by atoms with van der Waals surface area (Å²) < 4.78 is 38.8. The van der Waals surface area contributed by atoms with Crippen LogP contribution >= 0.6 is 0 Å². The molecule has 0 amide bonds. The lowest BCUT2D eigenvalue weighted by Crippen LogP contribution is -2.51. The van der Waals surface area contributed by atoms with Crippen molar-refractivity contribution in [1.29, 1.82) is 0 Å². The molecule has 24 rings (SSSR count). The van der Waals surface area contributed by atoms with Gasteiger partial charge in [0.25, 0.3) is 0 Å². The van der Waals surface area contributed by atoms with Crippen LogP contribution in [0.15, 0.2) is 243 Å². The zero-order valence-electron chi connectivity index (χ0n) is 96.5. The number of aromatic hydroxyl groups is 3. The summed E-state index contributed by atoms with van der Waals surface area (Å²) in [4.78, 5) is 0. The highest BCUT2D eigenvalue weighted by Crippen LogP contribution is 2.62. The van der Waals surface area contributed by atoms with Crippen molar-refractivity contribution >= 4 is 21.5 Å². The van der Waals surface area contributed by atoms with E-state index in [1.165, 1.54) is 199 Å². The van der Waals surface area contributed by atoms with Crippen LogP contribution in [0.1, 0.15) is 433 Å². The minimum atomic E-state index is -0.132. The van der Waals surface area contributed by atoms with Crippen molar-refractivity contribution in [2.24, 2.45) is 94.7 Å². The second-order valence-electron chi connectivity index (χ2n) is 49.6. The normalized spacial score (nSPS) is 27.6. The lowest BCUT2D eigenvalue weighted by atomic mass is 9.55. The number of hydrogen-bond acceptors (Lipinski definition) is 9. The molecule has 25 atom stereocenters. The summed E-state index contributed by atoms with van der Waals surface area (Å²) in [6.45, 7) is 53.9. The third kappa shape index (κ3) is 28.1. The smallest absolute Gasteiger partial charge is 0.202 e. The molecule has 9 heteroatoms. The van der Waals surface area contributed by atoms with Crippen LogP contribution in [-0.2, 0) is 20.6 Å². The van der Waals surface area contributed by atoms with Gasteiger partial charge in [0.2, 0.25) is 18.9 Å². The number of benzene rings is 11. The Labute approximate surface area is 907 Å². The Hall–Kier alpha value is -9.38. The molecule has 0 saturated heterocycles. The van der Waals surface area contributed by atoms with Crippen LogP contribution in [0.5, 0.6) is 34.5 Å². The second kappa shape index (κ2) is 53.7. The first kappa shape index (κ1) is 115. The van der Waals surface area contributed by atoms with Crippen molar-refractivity contribution in [2.75, 3.05) is 0 Å². The van der Waals surface area contributed by atoms with Gasteiger partial charge in [-0.05, 0) is 432 Å². The molecule has 13 aliphatic carbocycles.